The number of unbranched alkanes of at least 4 members (excludes halogenated alkanes) is 1. The largest absolute Gasteiger partial charge is 0.504 e. The molecular formula is C12H16N2O3. The van der Waals surface area contributed by atoms with Gasteiger partial charge in [-0.2, -0.15) is 5.10 Å². The summed E-state index contributed by atoms with van der Waals surface area (Å²) < 4.78 is 0. The van der Waals surface area contributed by atoms with E-state index < -0.39 is 0 Å². The first-order chi connectivity index (χ1) is 8.13. The molecule has 0 aliphatic rings. The molecule has 0 heterocycles. The Balaban J connectivity index is 2.48. The predicted molar refractivity (Wildman–Crippen MR) is 65.0 cm³/mol. The van der Waals surface area contributed by atoms with Crippen LogP contribution in [0.1, 0.15) is 31.7 Å². The minimum absolute atomic E-state index is 0.133. The molecule has 0 saturated carbocycles. The van der Waals surface area contributed by atoms with Crippen LogP contribution < -0.4 is 5.43 Å². The molecule has 5 nitrogen and oxygen atoms in total. The number of nitrogens with one attached hydrogen (secondary N) is 1. The van der Waals surface area contributed by atoms with Crippen molar-refractivity contribution < 1.29 is 15.0 Å². The van der Waals surface area contributed by atoms with Crippen molar-refractivity contribution in [1.82, 2.24) is 5.43 Å². The number of phenolic OH excluding ortho intramolecular Hbond substituents is 2. The third-order valence-electron chi connectivity index (χ3n) is 2.16. The van der Waals surface area contributed by atoms with E-state index in [0.29, 0.717) is 12.0 Å². The van der Waals surface area contributed by atoms with E-state index >= 15 is 0 Å². The molecule has 0 aliphatic heterocycles. The molecule has 0 spiro atoms. The van der Waals surface area contributed by atoms with E-state index in [0.717, 1.165) is 12.8 Å². The molecule has 0 aromatic heterocycles. The number of nitrogens with zero attached hydrogens (tertiary/aromatic N) is 1. The monoisotopic (exact) mass is 236 g/mol. The van der Waals surface area contributed by atoms with E-state index in [2.05, 4.69) is 10.5 Å². The zero-order valence-corrected chi connectivity index (χ0v) is 9.68. The van der Waals surface area contributed by atoms with E-state index in [4.69, 9.17) is 5.11 Å². The summed E-state index contributed by atoms with van der Waals surface area (Å²) >= 11 is 0. The average molecular weight is 236 g/mol. The quantitative estimate of drug-likeness (QED) is 0.413. The number of carbonyl (C=O) groups excluding carboxylic acids is 1. The lowest BCUT2D eigenvalue weighted by Gasteiger charge is -1.99. The highest BCUT2D eigenvalue weighted by molar-refractivity contribution is 5.83. The molecular weight excluding hydrogens is 220 g/mol. The van der Waals surface area contributed by atoms with Crippen molar-refractivity contribution in [1.29, 1.82) is 0 Å². The van der Waals surface area contributed by atoms with E-state index in [9.17, 15) is 9.90 Å². The second-order valence-corrected chi connectivity index (χ2v) is 3.64. The molecule has 0 atom stereocenters. The Hall–Kier alpha value is -2.04. The van der Waals surface area contributed by atoms with Gasteiger partial charge >= 0.3 is 0 Å². The number of carbonyl (C=O) groups is 1. The summed E-state index contributed by atoms with van der Waals surface area (Å²) in [5.74, 6) is -0.536. The molecule has 17 heavy (non-hydrogen) atoms. The first-order valence-electron chi connectivity index (χ1n) is 5.47. The summed E-state index contributed by atoms with van der Waals surface area (Å²) in [6.07, 6.45) is 3.65. The summed E-state index contributed by atoms with van der Waals surface area (Å²) in [5.41, 5.74) is 2.98. The van der Waals surface area contributed by atoms with Crippen LogP contribution in [0.4, 0.5) is 0 Å². The van der Waals surface area contributed by atoms with E-state index in [1.807, 2.05) is 6.92 Å². The Morgan fingerprint density at radius 2 is 2.18 bits per heavy atom. The summed E-state index contributed by atoms with van der Waals surface area (Å²) in [6.45, 7) is 2.01. The maximum atomic E-state index is 11.2. The second kappa shape index (κ2) is 6.52. The van der Waals surface area contributed by atoms with Gasteiger partial charge in [0.15, 0.2) is 11.5 Å². The van der Waals surface area contributed by atoms with Gasteiger partial charge in [-0.05, 0) is 30.2 Å². The molecule has 5 heteroatoms. The molecule has 0 saturated heterocycles. The molecule has 0 radical (unpaired) electrons. The highest BCUT2D eigenvalue weighted by atomic mass is 16.3. The van der Waals surface area contributed by atoms with Gasteiger partial charge in [-0.1, -0.05) is 13.3 Å². The van der Waals surface area contributed by atoms with Crippen LogP contribution in [-0.2, 0) is 4.79 Å². The third kappa shape index (κ3) is 4.55. The second-order valence-electron chi connectivity index (χ2n) is 3.64. The van der Waals surface area contributed by atoms with Crippen molar-refractivity contribution >= 4 is 12.1 Å². The van der Waals surface area contributed by atoms with Gasteiger partial charge in [0.2, 0.25) is 5.91 Å². The summed E-state index contributed by atoms with van der Waals surface area (Å²) in [7, 11) is 0. The van der Waals surface area contributed by atoms with Crippen molar-refractivity contribution in [2.45, 2.75) is 26.2 Å². The van der Waals surface area contributed by atoms with Gasteiger partial charge in [-0.15, -0.1) is 0 Å². The Labute approximate surface area is 99.8 Å². The number of hydrazone groups is 1. The first kappa shape index (κ1) is 13.0. The van der Waals surface area contributed by atoms with Gasteiger partial charge in [-0.3, -0.25) is 4.79 Å². The molecule has 3 N–H and O–H groups in total. The van der Waals surface area contributed by atoms with Gasteiger partial charge < -0.3 is 10.2 Å². The minimum Gasteiger partial charge on any atom is -0.504 e. The Morgan fingerprint density at radius 3 is 2.82 bits per heavy atom. The standard InChI is InChI=1S/C12H16N2O3/c1-2-3-4-12(17)14-13-8-9-5-6-10(15)11(16)7-9/h5-8,15-16H,2-4H2,1H3,(H,14,17). The van der Waals surface area contributed by atoms with Crippen molar-refractivity contribution in [3.8, 4) is 11.5 Å². The smallest absolute Gasteiger partial charge is 0.240 e. The fourth-order valence-corrected chi connectivity index (χ4v) is 1.19. The van der Waals surface area contributed by atoms with Crippen LogP contribution in [0, 0.1) is 0 Å². The zero-order valence-electron chi connectivity index (χ0n) is 9.68. The van der Waals surface area contributed by atoms with Crippen LogP contribution in [0.3, 0.4) is 0 Å². The van der Waals surface area contributed by atoms with Crippen LogP contribution in [0.15, 0.2) is 23.3 Å². The number of hydrogen-bond donors (Lipinski definition) is 3. The van der Waals surface area contributed by atoms with Crippen LogP contribution in [0.2, 0.25) is 0 Å². The molecule has 1 aromatic carbocycles. The number of rotatable bonds is 5. The minimum atomic E-state index is -0.216. The summed E-state index contributed by atoms with van der Waals surface area (Å²) in [6, 6.07) is 4.30. The highest BCUT2D eigenvalue weighted by Crippen LogP contribution is 2.23. The Kier molecular flexibility index (Phi) is 5.00. The maximum absolute atomic E-state index is 11.2. The molecule has 1 aromatic rings. The van der Waals surface area contributed by atoms with Gasteiger partial charge in [0.1, 0.15) is 0 Å². The van der Waals surface area contributed by atoms with Crippen LogP contribution in [0.5, 0.6) is 11.5 Å². The third-order valence-corrected chi connectivity index (χ3v) is 2.16. The van der Waals surface area contributed by atoms with E-state index in [1.54, 1.807) is 6.07 Å². The van der Waals surface area contributed by atoms with Gasteiger partial charge in [-0.25, -0.2) is 5.43 Å². The molecule has 0 unspecified atom stereocenters. The first-order valence-corrected chi connectivity index (χ1v) is 5.47. The molecule has 1 amide bonds. The van der Waals surface area contributed by atoms with Crippen LogP contribution in [0.25, 0.3) is 0 Å². The van der Waals surface area contributed by atoms with E-state index in [-0.39, 0.29) is 17.4 Å². The normalized spacial score (nSPS) is 10.6. The zero-order chi connectivity index (χ0) is 12.7. The van der Waals surface area contributed by atoms with E-state index in [1.165, 1.54) is 18.3 Å². The topological polar surface area (TPSA) is 81.9 Å². The number of aromatic hydroxyl groups is 2. The van der Waals surface area contributed by atoms with Crippen molar-refractivity contribution in [3.05, 3.63) is 23.8 Å². The molecule has 1 rings (SSSR count). The SMILES string of the molecule is CCCCC(=O)NN=Cc1ccc(O)c(O)c1. The molecule has 0 bridgehead atoms. The lowest BCUT2D eigenvalue weighted by atomic mass is 10.2. The average Bonchev–Trinajstić information content (AvgIpc) is 2.31. The van der Waals surface area contributed by atoms with Gasteiger partial charge in [0.25, 0.3) is 0 Å². The number of amides is 1. The highest BCUT2D eigenvalue weighted by Gasteiger charge is 1.99. The number of hydrogen-bond acceptors (Lipinski definition) is 4. The fraction of sp³-hybridized carbons (Fsp3) is 0.333. The van der Waals surface area contributed by atoms with Crippen molar-refractivity contribution in [2.24, 2.45) is 5.10 Å². The fourth-order valence-electron chi connectivity index (χ4n) is 1.19. The maximum Gasteiger partial charge on any atom is 0.240 e. The summed E-state index contributed by atoms with van der Waals surface area (Å²) in [4.78, 5) is 11.2. The molecule has 0 fully saturated rings. The number of phenols is 2. The Bertz CT molecular complexity index is 416. The van der Waals surface area contributed by atoms with Crippen LogP contribution >= 0.6 is 0 Å². The van der Waals surface area contributed by atoms with Crippen LogP contribution in [-0.4, -0.2) is 22.3 Å². The molecule has 0 aliphatic carbocycles. The van der Waals surface area contributed by atoms with Crippen molar-refractivity contribution in [2.75, 3.05) is 0 Å². The lowest BCUT2D eigenvalue weighted by molar-refractivity contribution is -0.121. The lowest BCUT2D eigenvalue weighted by Crippen LogP contribution is -2.16. The predicted octanol–water partition coefficient (Wildman–Crippen LogP) is 1.74. The molecule has 92 valence electrons. The van der Waals surface area contributed by atoms with Gasteiger partial charge in [0, 0.05) is 6.42 Å². The Morgan fingerprint density at radius 1 is 1.41 bits per heavy atom. The van der Waals surface area contributed by atoms with Gasteiger partial charge in [0.05, 0.1) is 6.21 Å². The number of benzene rings is 1. The summed E-state index contributed by atoms with van der Waals surface area (Å²) in [5, 5.41) is 22.1. The van der Waals surface area contributed by atoms with Crippen molar-refractivity contribution in [3.63, 3.8) is 0 Å².